The predicted molar refractivity (Wildman–Crippen MR) is 61.6 cm³/mol. The fourth-order valence-electron chi connectivity index (χ4n) is 1.48. The van der Waals surface area contributed by atoms with E-state index in [2.05, 4.69) is 5.32 Å². The van der Waals surface area contributed by atoms with Gasteiger partial charge in [-0.25, -0.2) is 8.42 Å². The van der Waals surface area contributed by atoms with E-state index in [4.69, 9.17) is 0 Å². The van der Waals surface area contributed by atoms with Crippen molar-refractivity contribution in [3.63, 3.8) is 0 Å². The summed E-state index contributed by atoms with van der Waals surface area (Å²) in [6.07, 6.45) is 1.91. The number of rotatable bonds is 2. The molecular weight excluding hydrogens is 226 g/mol. The Morgan fingerprint density at radius 2 is 2.12 bits per heavy atom. The molecule has 1 aromatic carbocycles. The van der Waals surface area contributed by atoms with Gasteiger partial charge in [-0.1, -0.05) is 13.0 Å². The van der Waals surface area contributed by atoms with E-state index < -0.39 is 9.84 Å². The largest absolute Gasteiger partial charge is 0.326 e. The molecule has 0 aliphatic carbocycles. The van der Waals surface area contributed by atoms with Gasteiger partial charge in [0.05, 0.1) is 4.90 Å². The first-order valence-corrected chi connectivity index (χ1v) is 6.44. The van der Waals surface area contributed by atoms with Crippen LogP contribution in [0.4, 0.5) is 5.69 Å². The molecule has 0 saturated heterocycles. The number of sulfone groups is 1. The highest BCUT2D eigenvalue weighted by Crippen LogP contribution is 2.29. The molecule has 1 aromatic rings. The normalized spacial score (nSPS) is 15.8. The Morgan fingerprint density at radius 1 is 1.38 bits per heavy atom. The van der Waals surface area contributed by atoms with Crippen LogP contribution in [0.1, 0.15) is 18.9 Å². The van der Waals surface area contributed by atoms with Gasteiger partial charge in [-0.15, -0.1) is 0 Å². The average molecular weight is 237 g/mol. The molecule has 0 aromatic heterocycles. The highest BCUT2D eigenvalue weighted by molar-refractivity contribution is 7.94. The van der Waals surface area contributed by atoms with Gasteiger partial charge in [0.25, 0.3) is 0 Å². The molecule has 4 nitrogen and oxygen atoms in total. The highest BCUT2D eigenvalue weighted by Gasteiger charge is 2.20. The van der Waals surface area contributed by atoms with Crippen molar-refractivity contribution in [2.24, 2.45) is 0 Å². The average Bonchev–Trinajstić information content (AvgIpc) is 2.55. The second-order valence-corrected chi connectivity index (χ2v) is 5.30. The van der Waals surface area contributed by atoms with Crippen molar-refractivity contribution >= 4 is 27.5 Å². The fourth-order valence-corrected chi connectivity index (χ4v) is 2.71. The first-order valence-electron chi connectivity index (χ1n) is 4.90. The number of benzene rings is 1. The van der Waals surface area contributed by atoms with Crippen molar-refractivity contribution in [2.45, 2.75) is 18.2 Å². The van der Waals surface area contributed by atoms with Crippen LogP contribution in [0.15, 0.2) is 28.5 Å². The lowest BCUT2D eigenvalue weighted by atomic mass is 10.2. The van der Waals surface area contributed by atoms with Gasteiger partial charge in [0, 0.05) is 17.5 Å². The van der Waals surface area contributed by atoms with Crippen LogP contribution >= 0.6 is 0 Å². The predicted octanol–water partition coefficient (Wildman–Crippen LogP) is 1.79. The van der Waals surface area contributed by atoms with Crippen LogP contribution in [-0.2, 0) is 14.6 Å². The smallest absolute Gasteiger partial charge is 0.224 e. The van der Waals surface area contributed by atoms with Gasteiger partial charge in [0.15, 0.2) is 0 Å². The number of nitrogens with one attached hydrogen (secondary N) is 1. The van der Waals surface area contributed by atoms with E-state index in [0.29, 0.717) is 17.7 Å². The number of hydrogen-bond acceptors (Lipinski definition) is 3. The molecule has 84 valence electrons. The Labute approximate surface area is 93.9 Å². The molecule has 0 atom stereocenters. The minimum atomic E-state index is -3.30. The van der Waals surface area contributed by atoms with Crippen LogP contribution in [0.25, 0.3) is 6.08 Å². The standard InChI is InChI=1S/C11H11NO3S/c1-2-11(13)12-9-4-3-8-5-6-16(14,15)10(8)7-9/h3-7H,2H2,1H3,(H,12,13). The second-order valence-electron chi connectivity index (χ2n) is 3.50. The summed E-state index contributed by atoms with van der Waals surface area (Å²) in [6.45, 7) is 1.74. The molecule has 0 bridgehead atoms. The summed E-state index contributed by atoms with van der Waals surface area (Å²) in [7, 11) is -3.30. The summed E-state index contributed by atoms with van der Waals surface area (Å²) in [6, 6.07) is 4.86. The van der Waals surface area contributed by atoms with Crippen LogP contribution in [-0.4, -0.2) is 14.3 Å². The molecule has 1 N–H and O–H groups in total. The zero-order valence-electron chi connectivity index (χ0n) is 8.73. The maximum Gasteiger partial charge on any atom is 0.224 e. The van der Waals surface area contributed by atoms with Crippen LogP contribution in [0.3, 0.4) is 0 Å². The molecule has 1 amide bonds. The Morgan fingerprint density at radius 3 is 2.81 bits per heavy atom. The summed E-state index contributed by atoms with van der Waals surface area (Å²) in [5, 5.41) is 3.80. The Bertz CT molecular complexity index is 573. The van der Waals surface area contributed by atoms with Crippen LogP contribution in [0, 0.1) is 0 Å². The summed E-state index contributed by atoms with van der Waals surface area (Å²) in [4.78, 5) is 11.4. The van der Waals surface area contributed by atoms with Crippen molar-refractivity contribution < 1.29 is 13.2 Å². The Hall–Kier alpha value is -1.62. The fraction of sp³-hybridized carbons (Fsp3) is 0.182. The van der Waals surface area contributed by atoms with E-state index in [1.807, 2.05) is 0 Å². The number of hydrogen-bond donors (Lipinski definition) is 1. The van der Waals surface area contributed by atoms with E-state index in [0.717, 1.165) is 0 Å². The van der Waals surface area contributed by atoms with Crippen molar-refractivity contribution in [2.75, 3.05) is 5.32 Å². The summed E-state index contributed by atoms with van der Waals surface area (Å²) in [5.74, 6) is -0.136. The van der Waals surface area contributed by atoms with Crippen molar-refractivity contribution in [3.05, 3.63) is 29.2 Å². The quantitative estimate of drug-likeness (QED) is 0.853. The van der Waals surface area contributed by atoms with Gasteiger partial charge in [0.1, 0.15) is 0 Å². The molecule has 0 spiro atoms. The first-order chi connectivity index (χ1) is 7.53. The first kappa shape index (κ1) is 10.9. The number of fused-ring (bicyclic) bond motifs is 1. The van der Waals surface area contributed by atoms with Gasteiger partial charge >= 0.3 is 0 Å². The van der Waals surface area contributed by atoms with Crippen LogP contribution < -0.4 is 5.32 Å². The summed E-state index contributed by atoms with van der Waals surface area (Å²) in [5.41, 5.74) is 1.17. The molecule has 0 fully saturated rings. The summed E-state index contributed by atoms with van der Waals surface area (Å²) >= 11 is 0. The minimum Gasteiger partial charge on any atom is -0.326 e. The third-order valence-electron chi connectivity index (χ3n) is 2.35. The second kappa shape index (κ2) is 3.75. The molecule has 1 heterocycles. The number of carbonyl (C=O) groups excluding carboxylic acids is 1. The maximum absolute atomic E-state index is 11.6. The highest BCUT2D eigenvalue weighted by atomic mass is 32.2. The van der Waals surface area contributed by atoms with E-state index in [1.165, 1.54) is 11.5 Å². The third-order valence-corrected chi connectivity index (χ3v) is 3.81. The number of anilines is 1. The van der Waals surface area contributed by atoms with Gasteiger partial charge < -0.3 is 5.32 Å². The summed E-state index contributed by atoms with van der Waals surface area (Å²) < 4.78 is 23.1. The molecule has 16 heavy (non-hydrogen) atoms. The van der Waals surface area contributed by atoms with Crippen LogP contribution in [0.2, 0.25) is 0 Å². The monoisotopic (exact) mass is 237 g/mol. The zero-order valence-corrected chi connectivity index (χ0v) is 9.54. The van der Waals surface area contributed by atoms with E-state index in [-0.39, 0.29) is 10.8 Å². The van der Waals surface area contributed by atoms with Crippen molar-refractivity contribution in [3.8, 4) is 0 Å². The topological polar surface area (TPSA) is 63.2 Å². The van der Waals surface area contributed by atoms with E-state index in [1.54, 1.807) is 25.1 Å². The van der Waals surface area contributed by atoms with Gasteiger partial charge in [-0.2, -0.15) is 0 Å². The van der Waals surface area contributed by atoms with Crippen molar-refractivity contribution in [1.29, 1.82) is 0 Å². The lowest BCUT2D eigenvalue weighted by molar-refractivity contribution is -0.115. The van der Waals surface area contributed by atoms with Gasteiger partial charge in [-0.05, 0) is 23.8 Å². The SMILES string of the molecule is CCC(=O)Nc1ccc2c(c1)S(=O)(=O)C=C2. The number of carbonyl (C=O) groups is 1. The van der Waals surface area contributed by atoms with Crippen molar-refractivity contribution in [1.82, 2.24) is 0 Å². The third kappa shape index (κ3) is 1.86. The Balaban J connectivity index is 2.38. The maximum atomic E-state index is 11.6. The lowest BCUT2D eigenvalue weighted by Crippen LogP contribution is -2.09. The van der Waals surface area contributed by atoms with E-state index in [9.17, 15) is 13.2 Å². The lowest BCUT2D eigenvalue weighted by Gasteiger charge is -2.05. The molecule has 1 aliphatic heterocycles. The molecule has 2 rings (SSSR count). The molecule has 1 aliphatic rings. The Kier molecular flexibility index (Phi) is 2.55. The van der Waals surface area contributed by atoms with Gasteiger partial charge in [0.2, 0.25) is 15.7 Å². The zero-order chi connectivity index (χ0) is 11.8. The molecule has 5 heteroatoms. The molecule has 0 radical (unpaired) electrons. The number of amides is 1. The molecule has 0 unspecified atom stereocenters. The van der Waals surface area contributed by atoms with E-state index >= 15 is 0 Å². The van der Waals surface area contributed by atoms with Crippen LogP contribution in [0.5, 0.6) is 0 Å². The van der Waals surface area contributed by atoms with Gasteiger partial charge in [-0.3, -0.25) is 4.79 Å². The minimum absolute atomic E-state index is 0.136. The molecule has 0 saturated carbocycles. The molecular formula is C11H11NO3S.